The van der Waals surface area contributed by atoms with Crippen LogP contribution in [-0.4, -0.2) is 39.4 Å². The predicted molar refractivity (Wildman–Crippen MR) is 103 cm³/mol. The molecule has 3 aromatic heterocycles. The zero-order chi connectivity index (χ0) is 17.9. The molecule has 0 saturated heterocycles. The van der Waals surface area contributed by atoms with Gasteiger partial charge in [-0.05, 0) is 38.1 Å². The molecule has 0 saturated carbocycles. The summed E-state index contributed by atoms with van der Waals surface area (Å²) in [6, 6.07) is 12.5. The van der Waals surface area contributed by atoms with Crippen LogP contribution < -0.4 is 9.80 Å². The van der Waals surface area contributed by atoms with Gasteiger partial charge in [0.05, 0.1) is 6.54 Å². The number of fused-ring (bicyclic) bond motifs is 1. The molecule has 1 aliphatic heterocycles. The fraction of sp³-hybridized carbons (Fsp3) is 0.350. The molecule has 4 rings (SSSR count). The Morgan fingerprint density at radius 3 is 2.62 bits per heavy atom. The first kappa shape index (κ1) is 16.6. The average Bonchev–Trinajstić information content (AvgIpc) is 3.09. The highest BCUT2D eigenvalue weighted by molar-refractivity contribution is 5.53. The van der Waals surface area contributed by atoms with Gasteiger partial charge in [0.2, 0.25) is 0 Å². The van der Waals surface area contributed by atoms with Gasteiger partial charge in [-0.2, -0.15) is 5.10 Å². The summed E-state index contributed by atoms with van der Waals surface area (Å²) in [5.41, 5.74) is 3.34. The van der Waals surface area contributed by atoms with Gasteiger partial charge in [0.15, 0.2) is 0 Å². The molecule has 26 heavy (non-hydrogen) atoms. The minimum atomic E-state index is 0.831. The van der Waals surface area contributed by atoms with Crippen LogP contribution in [0.3, 0.4) is 0 Å². The molecule has 0 radical (unpaired) electrons. The molecule has 0 fully saturated rings. The van der Waals surface area contributed by atoms with Gasteiger partial charge in [-0.3, -0.25) is 4.68 Å². The normalized spacial score (nSPS) is 14.2. The van der Waals surface area contributed by atoms with E-state index in [2.05, 4.69) is 46.1 Å². The molecule has 0 aromatic carbocycles. The second-order valence-electron chi connectivity index (χ2n) is 6.75. The molecule has 0 atom stereocenters. The fourth-order valence-electron chi connectivity index (χ4n) is 3.37. The first-order valence-electron chi connectivity index (χ1n) is 9.06. The van der Waals surface area contributed by atoms with E-state index < -0.39 is 0 Å². The topological polar surface area (TPSA) is 50.1 Å². The molecule has 4 heterocycles. The number of hydrogen-bond acceptors (Lipinski definition) is 5. The lowest BCUT2D eigenvalue weighted by atomic mass is 10.2. The Labute approximate surface area is 154 Å². The summed E-state index contributed by atoms with van der Waals surface area (Å²) >= 11 is 0. The van der Waals surface area contributed by atoms with E-state index in [0.29, 0.717) is 0 Å². The van der Waals surface area contributed by atoms with Gasteiger partial charge in [0, 0.05) is 55.5 Å². The Hall–Kier alpha value is -2.89. The summed E-state index contributed by atoms with van der Waals surface area (Å²) < 4.78 is 1.97. The summed E-state index contributed by atoms with van der Waals surface area (Å²) in [6.45, 7) is 8.50. The van der Waals surface area contributed by atoms with Crippen molar-refractivity contribution < 1.29 is 0 Å². The SMILES string of the molecule is Cc1cccc(N2CCN(CCn3cccn3)c3nc(C)ccc3C2)n1. The van der Waals surface area contributed by atoms with Crippen molar-refractivity contribution in [3.63, 3.8) is 0 Å². The second-order valence-corrected chi connectivity index (χ2v) is 6.75. The van der Waals surface area contributed by atoms with Crippen LogP contribution in [0, 0.1) is 13.8 Å². The third kappa shape index (κ3) is 3.54. The van der Waals surface area contributed by atoms with E-state index in [4.69, 9.17) is 9.97 Å². The summed E-state index contributed by atoms with van der Waals surface area (Å²) in [7, 11) is 0. The quantitative estimate of drug-likeness (QED) is 0.726. The van der Waals surface area contributed by atoms with E-state index >= 15 is 0 Å². The number of hydrogen-bond donors (Lipinski definition) is 0. The molecular formula is C20H24N6. The van der Waals surface area contributed by atoms with E-state index in [9.17, 15) is 0 Å². The van der Waals surface area contributed by atoms with Gasteiger partial charge in [-0.15, -0.1) is 0 Å². The van der Waals surface area contributed by atoms with Gasteiger partial charge in [0.25, 0.3) is 0 Å². The van der Waals surface area contributed by atoms with Crippen LogP contribution in [0.4, 0.5) is 11.6 Å². The van der Waals surface area contributed by atoms with Crippen LogP contribution in [0.2, 0.25) is 0 Å². The minimum absolute atomic E-state index is 0.831. The first-order chi connectivity index (χ1) is 12.7. The summed E-state index contributed by atoms with van der Waals surface area (Å²) in [5, 5.41) is 4.32. The molecule has 0 spiro atoms. The number of aromatic nitrogens is 4. The van der Waals surface area contributed by atoms with Crippen LogP contribution in [0.25, 0.3) is 0 Å². The Balaban J connectivity index is 1.60. The lowest BCUT2D eigenvalue weighted by Gasteiger charge is -2.24. The molecule has 0 N–H and O–H groups in total. The predicted octanol–water partition coefficient (Wildman–Crippen LogP) is 2.82. The van der Waals surface area contributed by atoms with Crippen molar-refractivity contribution in [3.05, 3.63) is 65.7 Å². The Morgan fingerprint density at radius 2 is 1.81 bits per heavy atom. The molecular weight excluding hydrogens is 324 g/mol. The third-order valence-corrected chi connectivity index (χ3v) is 4.75. The second kappa shape index (κ2) is 7.15. The number of aryl methyl sites for hydroxylation is 2. The monoisotopic (exact) mass is 348 g/mol. The Kier molecular flexibility index (Phi) is 4.56. The third-order valence-electron chi connectivity index (χ3n) is 4.75. The van der Waals surface area contributed by atoms with Crippen molar-refractivity contribution in [3.8, 4) is 0 Å². The maximum Gasteiger partial charge on any atom is 0.133 e. The van der Waals surface area contributed by atoms with Crippen LogP contribution in [0.15, 0.2) is 48.8 Å². The van der Waals surface area contributed by atoms with Crippen molar-refractivity contribution in [2.24, 2.45) is 0 Å². The van der Waals surface area contributed by atoms with Crippen molar-refractivity contribution in [1.82, 2.24) is 19.7 Å². The highest BCUT2D eigenvalue weighted by atomic mass is 15.3. The summed E-state index contributed by atoms with van der Waals surface area (Å²) in [4.78, 5) is 14.3. The minimum Gasteiger partial charge on any atom is -0.353 e. The van der Waals surface area contributed by atoms with Crippen molar-refractivity contribution in [1.29, 1.82) is 0 Å². The van der Waals surface area contributed by atoms with E-state index in [-0.39, 0.29) is 0 Å². The molecule has 0 unspecified atom stereocenters. The average molecular weight is 348 g/mol. The molecule has 6 nitrogen and oxygen atoms in total. The smallest absolute Gasteiger partial charge is 0.133 e. The summed E-state index contributed by atoms with van der Waals surface area (Å²) in [6.07, 6.45) is 3.83. The van der Waals surface area contributed by atoms with Gasteiger partial charge in [-0.1, -0.05) is 12.1 Å². The molecule has 0 aliphatic carbocycles. The highest BCUT2D eigenvalue weighted by Crippen LogP contribution is 2.26. The van der Waals surface area contributed by atoms with E-state index in [1.807, 2.05) is 36.1 Å². The molecule has 0 bridgehead atoms. The summed E-state index contributed by atoms with van der Waals surface area (Å²) in [5.74, 6) is 2.12. The Morgan fingerprint density at radius 1 is 0.923 bits per heavy atom. The largest absolute Gasteiger partial charge is 0.353 e. The van der Waals surface area contributed by atoms with E-state index in [0.717, 1.165) is 55.7 Å². The van der Waals surface area contributed by atoms with Gasteiger partial charge in [0.1, 0.15) is 11.6 Å². The zero-order valence-corrected chi connectivity index (χ0v) is 15.3. The van der Waals surface area contributed by atoms with Crippen LogP contribution in [0.1, 0.15) is 17.0 Å². The highest BCUT2D eigenvalue weighted by Gasteiger charge is 2.22. The van der Waals surface area contributed by atoms with Crippen LogP contribution in [0.5, 0.6) is 0 Å². The number of nitrogens with zero attached hydrogens (tertiary/aromatic N) is 6. The maximum atomic E-state index is 4.85. The molecule has 3 aromatic rings. The number of anilines is 2. The number of pyridine rings is 2. The lowest BCUT2D eigenvalue weighted by molar-refractivity contribution is 0.593. The zero-order valence-electron chi connectivity index (χ0n) is 15.3. The van der Waals surface area contributed by atoms with Gasteiger partial charge >= 0.3 is 0 Å². The fourth-order valence-corrected chi connectivity index (χ4v) is 3.37. The van der Waals surface area contributed by atoms with Crippen LogP contribution >= 0.6 is 0 Å². The molecule has 0 amide bonds. The Bertz CT molecular complexity index is 874. The molecule has 6 heteroatoms. The molecule has 134 valence electrons. The van der Waals surface area contributed by atoms with E-state index in [1.54, 1.807) is 0 Å². The maximum absolute atomic E-state index is 4.85. The standard InChI is InChI=1S/C20H24N6/c1-16-5-3-6-19(22-16)25-12-11-24(13-14-26-10-4-9-21-26)20-18(15-25)8-7-17(2)23-20/h3-10H,11-15H2,1-2H3. The van der Waals surface area contributed by atoms with Gasteiger partial charge < -0.3 is 9.80 Å². The first-order valence-corrected chi connectivity index (χ1v) is 9.06. The van der Waals surface area contributed by atoms with E-state index in [1.165, 1.54) is 5.56 Å². The number of rotatable bonds is 4. The van der Waals surface area contributed by atoms with Crippen LogP contribution in [-0.2, 0) is 13.1 Å². The van der Waals surface area contributed by atoms with Gasteiger partial charge in [-0.25, -0.2) is 9.97 Å². The van der Waals surface area contributed by atoms with Crippen molar-refractivity contribution in [2.45, 2.75) is 26.9 Å². The van der Waals surface area contributed by atoms with Crippen molar-refractivity contribution in [2.75, 3.05) is 29.4 Å². The van der Waals surface area contributed by atoms with Crippen molar-refractivity contribution >= 4 is 11.6 Å². The lowest BCUT2D eigenvalue weighted by Crippen LogP contribution is -2.34. The molecule has 1 aliphatic rings.